The van der Waals surface area contributed by atoms with Crippen LogP contribution in [0.15, 0.2) is 68.7 Å². The van der Waals surface area contributed by atoms with Crippen LogP contribution < -0.4 is 14.8 Å². The molecule has 0 saturated carbocycles. The van der Waals surface area contributed by atoms with E-state index >= 15 is 0 Å². The van der Waals surface area contributed by atoms with Gasteiger partial charge in [0, 0.05) is 0 Å². The van der Waals surface area contributed by atoms with Gasteiger partial charge < -0.3 is 10.1 Å². The summed E-state index contributed by atoms with van der Waals surface area (Å²) in [6.07, 6.45) is 0.201. The molecule has 1 heterocycles. The van der Waals surface area contributed by atoms with Crippen molar-refractivity contribution in [1.82, 2.24) is 4.72 Å². The number of methoxy groups -OCH3 is 1. The Morgan fingerprint density at radius 1 is 1.13 bits per heavy atom. The van der Waals surface area contributed by atoms with Crippen LogP contribution in [0, 0.1) is 6.92 Å². The maximum atomic E-state index is 13.1. The van der Waals surface area contributed by atoms with Crippen molar-refractivity contribution in [3.05, 3.63) is 75.6 Å². The van der Waals surface area contributed by atoms with Gasteiger partial charge >= 0.3 is 0 Å². The Balaban J connectivity index is 1.89. The molecule has 2 N–H and O–H groups in total. The molecule has 30 heavy (non-hydrogen) atoms. The van der Waals surface area contributed by atoms with Gasteiger partial charge in [-0.3, -0.25) is 4.79 Å². The summed E-state index contributed by atoms with van der Waals surface area (Å²) in [5.74, 6) is 0.0272. The van der Waals surface area contributed by atoms with Crippen molar-refractivity contribution in [2.75, 3.05) is 12.4 Å². The van der Waals surface area contributed by atoms with Crippen LogP contribution in [0.1, 0.15) is 11.1 Å². The van der Waals surface area contributed by atoms with E-state index in [-0.39, 0.29) is 10.6 Å². The van der Waals surface area contributed by atoms with E-state index in [1.165, 1.54) is 13.2 Å². The number of aryl methyl sites for hydroxylation is 1. The Labute approximate surface area is 188 Å². The fraction of sp³-hybridized carbons (Fsp3) is 0.190. The van der Waals surface area contributed by atoms with Crippen molar-refractivity contribution >= 4 is 48.9 Å². The van der Waals surface area contributed by atoms with Gasteiger partial charge in [0.25, 0.3) is 10.0 Å². The fourth-order valence-electron chi connectivity index (χ4n) is 2.86. The molecule has 0 unspecified atom stereocenters. The third-order valence-corrected chi connectivity index (χ3v) is 7.91. The normalized spacial score (nSPS) is 12.4. The average Bonchev–Trinajstić information content (AvgIpc) is 3.16. The molecular weight excluding hydrogens is 488 g/mol. The molecule has 1 amide bonds. The van der Waals surface area contributed by atoms with Crippen molar-refractivity contribution < 1.29 is 17.9 Å². The molecule has 9 heteroatoms. The van der Waals surface area contributed by atoms with Crippen molar-refractivity contribution in [2.24, 2.45) is 0 Å². The minimum Gasteiger partial charge on any atom is -0.495 e. The highest BCUT2D eigenvalue weighted by Crippen LogP contribution is 2.27. The minimum atomic E-state index is -3.87. The highest BCUT2D eigenvalue weighted by atomic mass is 79.9. The van der Waals surface area contributed by atoms with Crippen LogP contribution in [-0.2, 0) is 21.2 Å². The summed E-state index contributed by atoms with van der Waals surface area (Å²) in [4.78, 5) is 13.1. The van der Waals surface area contributed by atoms with E-state index in [0.717, 1.165) is 22.5 Å². The number of carbonyl (C=O) groups is 1. The zero-order chi connectivity index (χ0) is 21.7. The third kappa shape index (κ3) is 5.69. The standard InChI is InChI=1S/C21H21BrN2O4S2/c1-14-8-9-18(28-2)16(12-14)23-21(25)17(13-15-6-4-3-5-7-15)24-30(26,27)20-11-10-19(22)29-20/h3-12,17,24H,13H2,1-2H3,(H,23,25)/t17-/m0/s1. The van der Waals surface area contributed by atoms with Crippen LogP contribution in [0.5, 0.6) is 5.75 Å². The number of nitrogens with one attached hydrogen (secondary N) is 2. The quantitative estimate of drug-likeness (QED) is 0.473. The lowest BCUT2D eigenvalue weighted by Gasteiger charge is -2.19. The Morgan fingerprint density at radius 2 is 1.87 bits per heavy atom. The summed E-state index contributed by atoms with van der Waals surface area (Å²) in [5.41, 5.74) is 2.26. The number of hydrogen-bond donors (Lipinski definition) is 2. The number of hydrogen-bond acceptors (Lipinski definition) is 5. The number of halogens is 1. The van der Waals surface area contributed by atoms with Gasteiger partial charge in [0.05, 0.1) is 16.6 Å². The molecule has 0 aliphatic carbocycles. The number of rotatable bonds is 8. The molecule has 1 atom stereocenters. The van der Waals surface area contributed by atoms with Crippen LogP contribution in [0.25, 0.3) is 0 Å². The summed E-state index contributed by atoms with van der Waals surface area (Å²) in [6.45, 7) is 1.90. The molecule has 0 aliphatic heterocycles. The summed E-state index contributed by atoms with van der Waals surface area (Å²) in [6, 6.07) is 16.8. The number of amides is 1. The van der Waals surface area contributed by atoms with Gasteiger partial charge in [-0.2, -0.15) is 4.72 Å². The minimum absolute atomic E-state index is 0.133. The van der Waals surface area contributed by atoms with Crippen LogP contribution in [-0.4, -0.2) is 27.5 Å². The molecule has 0 bridgehead atoms. The molecule has 2 aromatic carbocycles. The summed E-state index contributed by atoms with van der Waals surface area (Å²) in [5, 5.41) is 2.81. The molecule has 6 nitrogen and oxygen atoms in total. The van der Waals surface area contributed by atoms with Gasteiger partial charge in [0.15, 0.2) is 0 Å². The highest BCUT2D eigenvalue weighted by molar-refractivity contribution is 9.11. The van der Waals surface area contributed by atoms with Crippen molar-refractivity contribution in [1.29, 1.82) is 0 Å². The van der Waals surface area contributed by atoms with Crippen molar-refractivity contribution in [3.8, 4) is 5.75 Å². The summed E-state index contributed by atoms with van der Waals surface area (Å²) >= 11 is 4.35. The number of benzene rings is 2. The summed E-state index contributed by atoms with van der Waals surface area (Å²) in [7, 11) is -2.36. The smallest absolute Gasteiger partial charge is 0.250 e. The second-order valence-electron chi connectivity index (χ2n) is 6.62. The number of carbonyl (C=O) groups excluding carboxylic acids is 1. The van der Waals surface area contributed by atoms with E-state index in [4.69, 9.17) is 4.74 Å². The second-order valence-corrected chi connectivity index (χ2v) is 11.0. The second kappa shape index (κ2) is 9.74. The van der Waals surface area contributed by atoms with Crippen LogP contribution >= 0.6 is 27.3 Å². The maximum Gasteiger partial charge on any atom is 0.250 e. The van der Waals surface area contributed by atoms with Crippen molar-refractivity contribution in [3.63, 3.8) is 0 Å². The van der Waals surface area contributed by atoms with Crippen LogP contribution in [0.3, 0.4) is 0 Å². The highest BCUT2D eigenvalue weighted by Gasteiger charge is 2.27. The average molecular weight is 509 g/mol. The molecule has 3 rings (SSSR count). The zero-order valence-electron chi connectivity index (χ0n) is 16.4. The number of sulfonamides is 1. The molecular formula is C21H21BrN2O4S2. The van der Waals surface area contributed by atoms with E-state index in [0.29, 0.717) is 15.2 Å². The molecule has 0 saturated heterocycles. The Hall–Kier alpha value is -2.20. The first kappa shape index (κ1) is 22.5. The monoisotopic (exact) mass is 508 g/mol. The molecule has 158 valence electrons. The van der Waals surface area contributed by atoms with Gasteiger partial charge in [0.2, 0.25) is 5.91 Å². The number of thiophene rings is 1. The van der Waals surface area contributed by atoms with Crippen molar-refractivity contribution in [2.45, 2.75) is 23.6 Å². The van der Waals surface area contributed by atoms with E-state index in [9.17, 15) is 13.2 Å². The zero-order valence-corrected chi connectivity index (χ0v) is 19.6. The SMILES string of the molecule is COc1ccc(C)cc1NC(=O)[C@H](Cc1ccccc1)NS(=O)(=O)c1ccc(Br)s1. The van der Waals surface area contributed by atoms with E-state index in [1.54, 1.807) is 18.2 Å². The van der Waals surface area contributed by atoms with Gasteiger partial charge in [-0.1, -0.05) is 36.4 Å². The fourth-order valence-corrected chi connectivity index (χ4v) is 6.09. The molecule has 0 aliphatic rings. The van der Waals surface area contributed by atoms with Crippen LogP contribution in [0.4, 0.5) is 5.69 Å². The Kier molecular flexibility index (Phi) is 7.30. The predicted octanol–water partition coefficient (Wildman–Crippen LogP) is 4.36. The molecule has 1 aromatic heterocycles. The number of anilines is 1. The summed E-state index contributed by atoms with van der Waals surface area (Å²) < 4.78 is 34.4. The maximum absolute atomic E-state index is 13.1. The Morgan fingerprint density at radius 3 is 2.50 bits per heavy atom. The Bertz CT molecular complexity index is 1130. The first-order valence-electron chi connectivity index (χ1n) is 9.05. The van der Waals surface area contributed by atoms with E-state index in [1.807, 2.05) is 43.3 Å². The molecule has 0 fully saturated rings. The van der Waals surface area contributed by atoms with E-state index < -0.39 is 22.0 Å². The lowest BCUT2D eigenvalue weighted by Crippen LogP contribution is -2.45. The molecule has 0 spiro atoms. The first-order valence-corrected chi connectivity index (χ1v) is 12.1. The lowest BCUT2D eigenvalue weighted by molar-refractivity contribution is -0.117. The van der Waals surface area contributed by atoms with Gasteiger partial charge in [-0.15, -0.1) is 11.3 Å². The molecule has 3 aromatic rings. The largest absolute Gasteiger partial charge is 0.495 e. The van der Waals surface area contributed by atoms with E-state index in [2.05, 4.69) is 26.0 Å². The van der Waals surface area contributed by atoms with Gasteiger partial charge in [-0.25, -0.2) is 8.42 Å². The number of ether oxygens (including phenoxy) is 1. The van der Waals surface area contributed by atoms with Crippen LogP contribution in [0.2, 0.25) is 0 Å². The predicted molar refractivity (Wildman–Crippen MR) is 123 cm³/mol. The molecule has 0 radical (unpaired) electrons. The van der Waals surface area contributed by atoms with Gasteiger partial charge in [-0.05, 0) is 64.7 Å². The first-order chi connectivity index (χ1) is 14.3. The lowest BCUT2D eigenvalue weighted by atomic mass is 10.1. The van der Waals surface area contributed by atoms with Gasteiger partial charge in [0.1, 0.15) is 16.0 Å². The topological polar surface area (TPSA) is 84.5 Å². The third-order valence-electron chi connectivity index (χ3n) is 4.32.